The largest absolute Gasteiger partial charge is 0.309 e. The van der Waals surface area contributed by atoms with Gasteiger partial charge in [0.25, 0.3) is 0 Å². The minimum absolute atomic E-state index is 0.584. The molecular weight excluding hydrogens is 1030 g/mol. The van der Waals surface area contributed by atoms with Crippen LogP contribution in [0.3, 0.4) is 0 Å². The fourth-order valence-corrected chi connectivity index (χ4v) is 14.2. The van der Waals surface area contributed by atoms with E-state index < -0.39 is 0 Å². The summed E-state index contributed by atoms with van der Waals surface area (Å²) in [4.78, 5) is 16.1. The van der Waals surface area contributed by atoms with Crippen LogP contribution < -0.4 is 0 Å². The molecule has 0 aliphatic carbocycles. The van der Waals surface area contributed by atoms with Crippen LogP contribution in [0, 0.1) is 76.2 Å². The van der Waals surface area contributed by atoms with Crippen LogP contribution in [0.5, 0.6) is 0 Å². The van der Waals surface area contributed by atoms with Crippen LogP contribution in [-0.2, 0) is 0 Å². The van der Waals surface area contributed by atoms with Gasteiger partial charge in [-0.2, -0.15) is 0 Å². The molecule has 85 heavy (non-hydrogen) atoms. The second-order valence-corrected chi connectivity index (χ2v) is 24.0. The molecule has 0 amide bonds. The molecule has 0 N–H and O–H groups in total. The Bertz CT molecular complexity index is 4930. The van der Waals surface area contributed by atoms with Crippen molar-refractivity contribution in [3.05, 3.63) is 267 Å². The van der Waals surface area contributed by atoms with Gasteiger partial charge in [-0.3, -0.25) is 0 Å². The number of nitrogens with zero attached hydrogens (tertiary/aromatic N) is 5. The first-order chi connectivity index (χ1) is 41.1. The van der Waals surface area contributed by atoms with E-state index in [0.29, 0.717) is 17.5 Å². The van der Waals surface area contributed by atoms with Crippen molar-refractivity contribution in [3.63, 3.8) is 0 Å². The average Bonchev–Trinajstić information content (AvgIpc) is 1.80. The van der Waals surface area contributed by atoms with Gasteiger partial charge in [0, 0.05) is 49.6 Å². The highest BCUT2D eigenvalue weighted by molar-refractivity contribution is 6.13. The van der Waals surface area contributed by atoms with E-state index in [1.807, 2.05) is 36.4 Å². The lowest BCUT2D eigenvalue weighted by Crippen LogP contribution is -2.03. The topological polar surface area (TPSA) is 48.5 Å². The zero-order valence-electron chi connectivity index (χ0n) is 50.4. The molecule has 0 aliphatic rings. The van der Waals surface area contributed by atoms with Crippen molar-refractivity contribution in [1.29, 1.82) is 0 Å². The molecule has 0 saturated heterocycles. The van der Waals surface area contributed by atoms with Gasteiger partial charge in [0.1, 0.15) is 0 Å². The predicted molar refractivity (Wildman–Crippen MR) is 359 cm³/mol. The minimum Gasteiger partial charge on any atom is -0.309 e. The van der Waals surface area contributed by atoms with E-state index in [2.05, 4.69) is 255 Å². The Morgan fingerprint density at radius 2 is 0.600 bits per heavy atom. The fourth-order valence-electron chi connectivity index (χ4n) is 14.2. The SMILES string of the molecule is Cc1ccc(-c2ccc3c(c2)c2ccc(-c4c(C)cc(C)cc4C)cc2n3-c2cc(-c3nc(-c4ccccc4)nc(-c4ccccc4)n3)cc(-n3c4ccc(-c5c(C)cc(C)cc5C)cc4c4ccc(-c5c(C)cc(C)cc5C)cc43)c2)c(C)c1. The molecule has 0 atom stereocenters. The molecule has 412 valence electrons. The van der Waals surface area contributed by atoms with Crippen LogP contribution in [-0.4, -0.2) is 24.1 Å². The van der Waals surface area contributed by atoms with Gasteiger partial charge < -0.3 is 9.13 Å². The lowest BCUT2D eigenvalue weighted by Gasteiger charge is -2.17. The smallest absolute Gasteiger partial charge is 0.164 e. The molecule has 3 aromatic heterocycles. The number of hydrogen-bond donors (Lipinski definition) is 0. The van der Waals surface area contributed by atoms with Gasteiger partial charge in [-0.05, 0) is 214 Å². The molecule has 0 saturated carbocycles. The Morgan fingerprint density at radius 1 is 0.235 bits per heavy atom. The molecule has 0 spiro atoms. The summed E-state index contributed by atoms with van der Waals surface area (Å²) in [7, 11) is 0. The van der Waals surface area contributed by atoms with Crippen LogP contribution >= 0.6 is 0 Å². The zero-order valence-corrected chi connectivity index (χ0v) is 50.4. The molecule has 14 aromatic rings. The number of rotatable bonds is 9. The molecule has 0 radical (unpaired) electrons. The van der Waals surface area contributed by atoms with Crippen LogP contribution in [0.25, 0.3) is 134 Å². The van der Waals surface area contributed by atoms with Crippen molar-refractivity contribution in [2.24, 2.45) is 0 Å². The maximum Gasteiger partial charge on any atom is 0.164 e. The van der Waals surface area contributed by atoms with Crippen molar-refractivity contribution in [2.75, 3.05) is 0 Å². The van der Waals surface area contributed by atoms with Crippen molar-refractivity contribution in [3.8, 4) is 90.0 Å². The lowest BCUT2D eigenvalue weighted by molar-refractivity contribution is 1.07. The molecule has 14 rings (SSSR count). The summed E-state index contributed by atoms with van der Waals surface area (Å²) >= 11 is 0. The molecule has 0 aliphatic heterocycles. The van der Waals surface area contributed by atoms with Crippen LogP contribution in [0.2, 0.25) is 0 Å². The summed E-state index contributed by atoms with van der Waals surface area (Å²) in [5.41, 5.74) is 32.8. The summed E-state index contributed by atoms with van der Waals surface area (Å²) in [5, 5.41) is 4.72. The van der Waals surface area contributed by atoms with Crippen LogP contribution in [0.15, 0.2) is 206 Å². The quantitative estimate of drug-likeness (QED) is 0.145. The van der Waals surface area contributed by atoms with Crippen molar-refractivity contribution >= 4 is 43.6 Å². The molecule has 11 aromatic carbocycles. The van der Waals surface area contributed by atoms with Crippen molar-refractivity contribution < 1.29 is 0 Å². The minimum atomic E-state index is 0.584. The summed E-state index contributed by atoms with van der Waals surface area (Å²) in [6.07, 6.45) is 0. The molecule has 5 nitrogen and oxygen atoms in total. The Balaban J connectivity index is 1.11. The van der Waals surface area contributed by atoms with Gasteiger partial charge in [-0.1, -0.05) is 174 Å². The summed E-state index contributed by atoms with van der Waals surface area (Å²) < 4.78 is 4.98. The summed E-state index contributed by atoms with van der Waals surface area (Å²) in [6.45, 7) is 24.4. The Labute approximate surface area is 498 Å². The monoisotopic (exact) mass is 1100 g/mol. The van der Waals surface area contributed by atoms with Gasteiger partial charge >= 0.3 is 0 Å². The van der Waals surface area contributed by atoms with Gasteiger partial charge in [0.15, 0.2) is 17.5 Å². The maximum atomic E-state index is 5.44. The summed E-state index contributed by atoms with van der Waals surface area (Å²) in [6, 6.07) is 76.5. The number of aryl methyl sites for hydroxylation is 11. The third-order valence-electron chi connectivity index (χ3n) is 17.5. The van der Waals surface area contributed by atoms with Gasteiger partial charge in [-0.25, -0.2) is 15.0 Å². The first-order valence-corrected chi connectivity index (χ1v) is 29.6. The Hall–Kier alpha value is -9.97. The van der Waals surface area contributed by atoms with E-state index in [4.69, 9.17) is 15.0 Å². The van der Waals surface area contributed by atoms with Gasteiger partial charge in [-0.15, -0.1) is 0 Å². The number of benzene rings is 11. The molecular formula is C80H67N5. The second-order valence-electron chi connectivity index (χ2n) is 24.0. The number of fused-ring (bicyclic) bond motifs is 6. The van der Waals surface area contributed by atoms with Crippen molar-refractivity contribution in [1.82, 2.24) is 24.1 Å². The third-order valence-corrected chi connectivity index (χ3v) is 17.5. The average molecular weight is 1100 g/mol. The van der Waals surface area contributed by atoms with E-state index >= 15 is 0 Å². The number of hydrogen-bond acceptors (Lipinski definition) is 3. The van der Waals surface area contributed by atoms with E-state index in [-0.39, 0.29) is 0 Å². The molecule has 3 heterocycles. The Kier molecular flexibility index (Phi) is 12.9. The molecule has 0 unspecified atom stereocenters. The zero-order chi connectivity index (χ0) is 58.5. The van der Waals surface area contributed by atoms with E-state index in [9.17, 15) is 0 Å². The first-order valence-electron chi connectivity index (χ1n) is 29.6. The predicted octanol–water partition coefficient (Wildman–Crippen LogP) is 21.1. The molecule has 0 bridgehead atoms. The van der Waals surface area contributed by atoms with Gasteiger partial charge in [0.05, 0.1) is 22.1 Å². The highest BCUT2D eigenvalue weighted by Gasteiger charge is 2.23. The maximum absolute atomic E-state index is 5.44. The Morgan fingerprint density at radius 3 is 1.02 bits per heavy atom. The summed E-state index contributed by atoms with van der Waals surface area (Å²) in [5.74, 6) is 1.81. The van der Waals surface area contributed by atoms with E-state index in [1.165, 1.54) is 127 Å². The van der Waals surface area contributed by atoms with E-state index in [1.54, 1.807) is 0 Å². The third kappa shape index (κ3) is 9.32. The standard InChI is InChI=1S/C80H67N5/c1-46-22-27-66(50(5)32-46)59-25-30-71-69(41-59)67-28-23-61(76-53(8)35-48(3)36-54(76)9)43-73(67)84(71)64-39-63(80-82-78(57-18-14-12-15-19-57)81-79(83-80)58-20-16-13-17-21-58)40-65(45-64)85-72-31-26-60(75-51(6)33-47(2)34-52(75)7)42-70(72)68-29-24-62(44-74(68)85)77-55(10)37-49(4)38-56(77)11/h12-45H,1-11H3. The lowest BCUT2D eigenvalue weighted by atomic mass is 9.92. The van der Waals surface area contributed by atoms with Crippen molar-refractivity contribution in [2.45, 2.75) is 76.2 Å². The molecule has 5 heteroatoms. The second kappa shape index (κ2) is 20.7. The van der Waals surface area contributed by atoms with E-state index in [0.717, 1.165) is 50.1 Å². The van der Waals surface area contributed by atoms with Crippen LogP contribution in [0.4, 0.5) is 0 Å². The highest BCUT2D eigenvalue weighted by atomic mass is 15.0. The fraction of sp³-hybridized carbons (Fsp3) is 0.138. The number of aromatic nitrogens is 5. The van der Waals surface area contributed by atoms with Crippen LogP contribution in [0.1, 0.15) is 61.2 Å². The normalized spacial score (nSPS) is 11.7. The van der Waals surface area contributed by atoms with Gasteiger partial charge in [0.2, 0.25) is 0 Å². The highest BCUT2D eigenvalue weighted by Crippen LogP contribution is 2.44. The molecule has 0 fully saturated rings. The first kappa shape index (κ1) is 53.1.